The molecule has 150 valence electrons. The number of nitrogens with one attached hydrogen (secondary N) is 1. The van der Waals surface area contributed by atoms with E-state index in [1.54, 1.807) is 18.7 Å². The van der Waals surface area contributed by atoms with Gasteiger partial charge in [0, 0.05) is 12.7 Å². The lowest BCUT2D eigenvalue weighted by atomic mass is 10.2. The van der Waals surface area contributed by atoms with E-state index in [9.17, 15) is 9.59 Å². The van der Waals surface area contributed by atoms with Crippen LogP contribution in [-0.4, -0.2) is 55.8 Å². The third kappa shape index (κ3) is 5.41. The molecule has 0 unspecified atom stereocenters. The summed E-state index contributed by atoms with van der Waals surface area (Å²) in [7, 11) is 1.61. The molecule has 0 aliphatic heterocycles. The minimum Gasteiger partial charge on any atom is -0.335 e. The highest BCUT2D eigenvalue weighted by Crippen LogP contribution is 2.23. The van der Waals surface area contributed by atoms with Crippen LogP contribution in [0.2, 0.25) is 0 Å². The number of carbonyl (C=O) groups is 2. The summed E-state index contributed by atoms with van der Waals surface area (Å²) in [4.78, 5) is 26.3. The monoisotopic (exact) mass is 410 g/mol. The number of tetrazole rings is 1. The maximum Gasteiger partial charge on any atom is 0.243 e. The summed E-state index contributed by atoms with van der Waals surface area (Å²) in [6.45, 7) is 3.71. The number of para-hydroxylation sites is 1. The predicted molar refractivity (Wildman–Crippen MR) is 112 cm³/mol. The lowest BCUT2D eigenvalue weighted by molar-refractivity contribution is -0.132. The number of nitrogens with zero attached hydrogens (tertiary/aromatic N) is 5. The summed E-state index contributed by atoms with van der Waals surface area (Å²) in [5.41, 5.74) is 2.62. The number of amides is 2. The van der Waals surface area contributed by atoms with Gasteiger partial charge in [-0.05, 0) is 48.5 Å². The smallest absolute Gasteiger partial charge is 0.243 e. The first-order valence-corrected chi connectivity index (χ1v) is 9.94. The van der Waals surface area contributed by atoms with E-state index < -0.39 is 5.25 Å². The highest BCUT2D eigenvalue weighted by molar-refractivity contribution is 8.00. The molecule has 0 saturated carbocycles. The fourth-order valence-electron chi connectivity index (χ4n) is 2.63. The van der Waals surface area contributed by atoms with Crippen molar-refractivity contribution in [3.63, 3.8) is 0 Å². The molecule has 2 aromatic carbocycles. The van der Waals surface area contributed by atoms with E-state index in [1.165, 1.54) is 16.7 Å². The number of aromatic nitrogens is 4. The van der Waals surface area contributed by atoms with Crippen molar-refractivity contribution in [3.05, 3.63) is 60.2 Å². The zero-order chi connectivity index (χ0) is 20.8. The number of likely N-dealkylation sites (N-methyl/N-ethyl adjacent to an activating group) is 1. The molecular formula is C20H22N6O2S. The number of aryl methyl sites for hydroxylation is 1. The summed E-state index contributed by atoms with van der Waals surface area (Å²) in [5, 5.41) is 14.6. The average Bonchev–Trinajstić information content (AvgIpc) is 3.17. The number of benzene rings is 2. The molecule has 0 spiro atoms. The molecule has 3 rings (SSSR count). The predicted octanol–water partition coefficient (Wildman–Crippen LogP) is 2.55. The third-order valence-corrected chi connectivity index (χ3v) is 5.18. The van der Waals surface area contributed by atoms with Gasteiger partial charge in [0.05, 0.1) is 17.5 Å². The van der Waals surface area contributed by atoms with Crippen LogP contribution in [0.1, 0.15) is 12.5 Å². The minimum atomic E-state index is -0.458. The van der Waals surface area contributed by atoms with Crippen LogP contribution < -0.4 is 5.32 Å². The number of thioether (sulfide) groups is 1. The molecule has 0 aliphatic carbocycles. The van der Waals surface area contributed by atoms with Gasteiger partial charge >= 0.3 is 0 Å². The molecule has 1 aromatic heterocycles. The van der Waals surface area contributed by atoms with Crippen LogP contribution in [0.3, 0.4) is 0 Å². The van der Waals surface area contributed by atoms with Crippen LogP contribution >= 0.6 is 11.8 Å². The van der Waals surface area contributed by atoms with Gasteiger partial charge in [0.2, 0.25) is 17.0 Å². The maximum atomic E-state index is 12.7. The molecule has 0 aliphatic rings. The van der Waals surface area contributed by atoms with Crippen LogP contribution in [0.15, 0.2) is 59.8 Å². The Labute approximate surface area is 173 Å². The molecule has 29 heavy (non-hydrogen) atoms. The topological polar surface area (TPSA) is 93.0 Å². The Balaban J connectivity index is 1.58. The molecule has 0 bridgehead atoms. The quantitative estimate of drug-likeness (QED) is 0.602. The second-order valence-corrected chi connectivity index (χ2v) is 7.89. The number of hydrogen-bond donors (Lipinski definition) is 1. The van der Waals surface area contributed by atoms with Crippen molar-refractivity contribution in [1.82, 2.24) is 25.1 Å². The number of carbonyl (C=O) groups excluding carboxylic acids is 2. The van der Waals surface area contributed by atoms with Crippen molar-refractivity contribution < 1.29 is 9.59 Å². The summed E-state index contributed by atoms with van der Waals surface area (Å²) in [6.07, 6.45) is 0. The maximum absolute atomic E-state index is 12.7. The van der Waals surface area contributed by atoms with Gasteiger partial charge in [0.1, 0.15) is 0 Å². The Bertz CT molecular complexity index is 974. The summed E-state index contributed by atoms with van der Waals surface area (Å²) in [5.74, 6) is -0.437. The fourth-order valence-corrected chi connectivity index (χ4v) is 3.56. The largest absolute Gasteiger partial charge is 0.335 e. The van der Waals surface area contributed by atoms with Gasteiger partial charge in [-0.2, -0.15) is 4.68 Å². The zero-order valence-electron chi connectivity index (χ0n) is 16.4. The van der Waals surface area contributed by atoms with Gasteiger partial charge < -0.3 is 10.2 Å². The van der Waals surface area contributed by atoms with Crippen LogP contribution in [0.5, 0.6) is 0 Å². The van der Waals surface area contributed by atoms with E-state index in [4.69, 9.17) is 0 Å². The van der Waals surface area contributed by atoms with E-state index in [0.717, 1.165) is 11.3 Å². The van der Waals surface area contributed by atoms with Crippen molar-refractivity contribution in [2.45, 2.75) is 24.3 Å². The summed E-state index contributed by atoms with van der Waals surface area (Å²) < 4.78 is 1.58. The standard InChI is InChI=1S/C20H22N6O2S/c1-14-9-11-16(12-10-14)21-18(27)13-25(3)19(28)15(2)29-20-22-23-24-26(20)17-7-5-4-6-8-17/h4-12,15H,13H2,1-3H3,(H,21,27)/t15-/m1/s1. The lowest BCUT2D eigenvalue weighted by Crippen LogP contribution is -2.39. The first kappa shape index (κ1) is 20.5. The Hall–Kier alpha value is -3.20. The van der Waals surface area contributed by atoms with Crippen molar-refractivity contribution in [3.8, 4) is 5.69 Å². The van der Waals surface area contributed by atoms with E-state index in [1.807, 2.05) is 61.5 Å². The fraction of sp³-hybridized carbons (Fsp3) is 0.250. The van der Waals surface area contributed by atoms with Gasteiger partial charge in [-0.3, -0.25) is 9.59 Å². The molecule has 0 fully saturated rings. The van der Waals surface area contributed by atoms with Gasteiger partial charge in [0.25, 0.3) is 0 Å². The van der Waals surface area contributed by atoms with Crippen LogP contribution in [-0.2, 0) is 9.59 Å². The highest BCUT2D eigenvalue weighted by atomic mass is 32.2. The van der Waals surface area contributed by atoms with Crippen LogP contribution in [0.4, 0.5) is 5.69 Å². The van der Waals surface area contributed by atoms with Gasteiger partial charge in [-0.1, -0.05) is 47.7 Å². The van der Waals surface area contributed by atoms with Crippen molar-refractivity contribution in [2.75, 3.05) is 18.9 Å². The van der Waals surface area contributed by atoms with Gasteiger partial charge in [0.15, 0.2) is 0 Å². The Morgan fingerprint density at radius 3 is 2.52 bits per heavy atom. The number of anilines is 1. The third-order valence-electron chi connectivity index (χ3n) is 4.16. The number of rotatable bonds is 7. The van der Waals surface area contributed by atoms with Gasteiger partial charge in [-0.15, -0.1) is 5.10 Å². The van der Waals surface area contributed by atoms with Crippen LogP contribution in [0, 0.1) is 6.92 Å². The Morgan fingerprint density at radius 2 is 1.83 bits per heavy atom. The summed E-state index contributed by atoms with van der Waals surface area (Å²) in [6, 6.07) is 16.9. The molecule has 1 N–H and O–H groups in total. The van der Waals surface area contributed by atoms with Crippen molar-refractivity contribution in [1.29, 1.82) is 0 Å². The summed E-state index contributed by atoms with van der Waals surface area (Å²) >= 11 is 1.24. The van der Waals surface area contributed by atoms with E-state index in [0.29, 0.717) is 10.8 Å². The normalized spacial score (nSPS) is 11.7. The van der Waals surface area contributed by atoms with E-state index in [2.05, 4.69) is 20.8 Å². The molecule has 2 amide bonds. The molecule has 0 saturated heterocycles. The van der Waals surface area contributed by atoms with E-state index >= 15 is 0 Å². The minimum absolute atomic E-state index is 0.0404. The molecular weight excluding hydrogens is 388 g/mol. The SMILES string of the molecule is Cc1ccc(NC(=O)CN(C)C(=O)[C@@H](C)Sc2nnnn2-c2ccccc2)cc1. The second-order valence-electron chi connectivity index (χ2n) is 6.58. The van der Waals surface area contributed by atoms with Crippen LogP contribution in [0.25, 0.3) is 5.69 Å². The lowest BCUT2D eigenvalue weighted by Gasteiger charge is -2.20. The first-order chi connectivity index (χ1) is 13.9. The Kier molecular flexibility index (Phi) is 6.61. The molecule has 3 aromatic rings. The first-order valence-electron chi connectivity index (χ1n) is 9.06. The number of hydrogen-bond acceptors (Lipinski definition) is 6. The molecule has 1 atom stereocenters. The highest BCUT2D eigenvalue weighted by Gasteiger charge is 2.23. The van der Waals surface area contributed by atoms with Crippen molar-refractivity contribution in [2.24, 2.45) is 0 Å². The zero-order valence-corrected chi connectivity index (χ0v) is 17.3. The molecule has 9 heteroatoms. The van der Waals surface area contributed by atoms with E-state index in [-0.39, 0.29) is 18.4 Å². The second kappa shape index (κ2) is 9.33. The Morgan fingerprint density at radius 1 is 1.14 bits per heavy atom. The molecule has 1 heterocycles. The molecule has 0 radical (unpaired) electrons. The van der Waals surface area contributed by atoms with Gasteiger partial charge in [-0.25, -0.2) is 0 Å². The molecule has 8 nitrogen and oxygen atoms in total. The average molecular weight is 411 g/mol. The van der Waals surface area contributed by atoms with Crippen molar-refractivity contribution >= 4 is 29.3 Å².